The van der Waals surface area contributed by atoms with Crippen LogP contribution in [0.2, 0.25) is 0 Å². The van der Waals surface area contributed by atoms with E-state index in [1.165, 1.54) is 14.2 Å². The van der Waals surface area contributed by atoms with E-state index < -0.39 is 17.5 Å². The molecular formula is C10H18O5. The average Bonchev–Trinajstić information content (AvgIpc) is 2.14. The average molecular weight is 218 g/mol. The molecule has 0 fully saturated rings. The summed E-state index contributed by atoms with van der Waals surface area (Å²) in [5, 5.41) is 9.98. The normalized spacial score (nSPS) is 14.5. The van der Waals surface area contributed by atoms with Crippen molar-refractivity contribution < 1.29 is 24.2 Å². The van der Waals surface area contributed by atoms with Crippen LogP contribution in [0.4, 0.5) is 0 Å². The molecule has 0 spiro atoms. The highest BCUT2D eigenvalue weighted by atomic mass is 16.5. The molecule has 0 bridgehead atoms. The van der Waals surface area contributed by atoms with E-state index in [9.17, 15) is 14.7 Å². The van der Waals surface area contributed by atoms with Gasteiger partial charge in [-0.15, -0.1) is 0 Å². The van der Waals surface area contributed by atoms with Crippen LogP contribution in [0.15, 0.2) is 0 Å². The van der Waals surface area contributed by atoms with E-state index in [1.54, 1.807) is 0 Å². The summed E-state index contributed by atoms with van der Waals surface area (Å²) in [5.74, 6) is -1.37. The second-order valence-corrected chi connectivity index (χ2v) is 3.87. The lowest BCUT2D eigenvalue weighted by molar-refractivity contribution is -0.171. The molecule has 1 atom stereocenters. The number of aliphatic hydroxyl groups is 1. The van der Waals surface area contributed by atoms with E-state index in [1.807, 2.05) is 13.8 Å². The van der Waals surface area contributed by atoms with E-state index in [0.29, 0.717) is 0 Å². The Morgan fingerprint density at radius 2 is 1.80 bits per heavy atom. The maximum Gasteiger partial charge on any atom is 0.338 e. The molecule has 0 aliphatic heterocycles. The van der Waals surface area contributed by atoms with Gasteiger partial charge >= 0.3 is 11.9 Å². The first-order chi connectivity index (χ1) is 6.85. The highest BCUT2D eigenvalue weighted by Gasteiger charge is 2.40. The third-order valence-corrected chi connectivity index (χ3v) is 1.98. The van der Waals surface area contributed by atoms with Gasteiger partial charge in [0.15, 0.2) is 5.60 Å². The number of methoxy groups -OCH3 is 2. The zero-order valence-electron chi connectivity index (χ0n) is 9.57. The Kier molecular flexibility index (Phi) is 5.28. The summed E-state index contributed by atoms with van der Waals surface area (Å²) in [7, 11) is 2.38. The number of carbonyl (C=O) groups is 2. The summed E-state index contributed by atoms with van der Waals surface area (Å²) in [6, 6.07) is 0. The van der Waals surface area contributed by atoms with E-state index in [0.717, 1.165) is 0 Å². The minimum absolute atomic E-state index is 0.0683. The van der Waals surface area contributed by atoms with Gasteiger partial charge in [0.05, 0.1) is 20.6 Å². The van der Waals surface area contributed by atoms with Crippen molar-refractivity contribution in [3.05, 3.63) is 0 Å². The summed E-state index contributed by atoms with van der Waals surface area (Å²) < 4.78 is 8.88. The zero-order chi connectivity index (χ0) is 12.1. The van der Waals surface area contributed by atoms with Crippen molar-refractivity contribution in [3.63, 3.8) is 0 Å². The number of hydrogen-bond acceptors (Lipinski definition) is 5. The Morgan fingerprint density at radius 1 is 1.27 bits per heavy atom. The van der Waals surface area contributed by atoms with E-state index in [2.05, 4.69) is 9.47 Å². The molecule has 15 heavy (non-hydrogen) atoms. The Morgan fingerprint density at radius 3 is 2.13 bits per heavy atom. The molecule has 5 nitrogen and oxygen atoms in total. The molecule has 0 saturated carbocycles. The van der Waals surface area contributed by atoms with Crippen molar-refractivity contribution in [2.45, 2.75) is 32.3 Å². The van der Waals surface area contributed by atoms with Crippen LogP contribution in [-0.4, -0.2) is 36.9 Å². The van der Waals surface area contributed by atoms with Crippen molar-refractivity contribution >= 4 is 11.9 Å². The first kappa shape index (κ1) is 13.9. The molecule has 0 aromatic rings. The minimum Gasteiger partial charge on any atom is -0.469 e. The van der Waals surface area contributed by atoms with Crippen LogP contribution in [0.3, 0.4) is 0 Å². The first-order valence-corrected chi connectivity index (χ1v) is 4.73. The van der Waals surface area contributed by atoms with Crippen LogP contribution in [0.5, 0.6) is 0 Å². The molecule has 0 radical (unpaired) electrons. The summed E-state index contributed by atoms with van der Waals surface area (Å²) in [6.07, 6.45) is -0.219. The maximum absolute atomic E-state index is 11.3. The zero-order valence-corrected chi connectivity index (χ0v) is 9.57. The molecule has 0 aromatic heterocycles. The minimum atomic E-state index is -1.78. The van der Waals surface area contributed by atoms with Gasteiger partial charge in [0.2, 0.25) is 0 Å². The van der Waals surface area contributed by atoms with Gasteiger partial charge in [0.1, 0.15) is 0 Å². The molecule has 0 rings (SSSR count). The SMILES string of the molecule is COC(=O)C[C@@](O)(CC(C)C)C(=O)OC. The van der Waals surface area contributed by atoms with E-state index >= 15 is 0 Å². The molecule has 0 aromatic carbocycles. The molecule has 0 saturated heterocycles. The molecular weight excluding hydrogens is 200 g/mol. The van der Waals surface area contributed by atoms with Gasteiger partial charge in [-0.05, 0) is 12.3 Å². The molecule has 0 heterocycles. The number of esters is 2. The Labute approximate surface area is 89.4 Å². The highest BCUT2D eigenvalue weighted by Crippen LogP contribution is 2.22. The summed E-state index contributed by atoms with van der Waals surface area (Å²) >= 11 is 0. The van der Waals surface area contributed by atoms with Crippen LogP contribution < -0.4 is 0 Å². The Hall–Kier alpha value is -1.10. The van der Waals surface area contributed by atoms with Crippen molar-refractivity contribution in [1.82, 2.24) is 0 Å². The molecule has 0 amide bonds. The predicted molar refractivity (Wildman–Crippen MR) is 53.1 cm³/mol. The third-order valence-electron chi connectivity index (χ3n) is 1.98. The second-order valence-electron chi connectivity index (χ2n) is 3.87. The van der Waals surface area contributed by atoms with Gasteiger partial charge in [0, 0.05) is 0 Å². The molecule has 0 unspecified atom stereocenters. The number of carbonyl (C=O) groups excluding carboxylic acids is 2. The van der Waals surface area contributed by atoms with Crippen molar-refractivity contribution in [2.24, 2.45) is 5.92 Å². The number of rotatable bonds is 5. The molecule has 5 heteroatoms. The molecule has 0 aliphatic rings. The second kappa shape index (κ2) is 5.70. The lowest BCUT2D eigenvalue weighted by Gasteiger charge is -2.25. The lowest BCUT2D eigenvalue weighted by Crippen LogP contribution is -2.43. The van der Waals surface area contributed by atoms with Gasteiger partial charge in [-0.25, -0.2) is 4.79 Å². The molecule has 0 aliphatic carbocycles. The van der Waals surface area contributed by atoms with Gasteiger partial charge in [0.25, 0.3) is 0 Å². The van der Waals surface area contributed by atoms with Gasteiger partial charge < -0.3 is 14.6 Å². The lowest BCUT2D eigenvalue weighted by atomic mass is 9.89. The van der Waals surface area contributed by atoms with Crippen LogP contribution in [0.25, 0.3) is 0 Å². The van der Waals surface area contributed by atoms with Crippen molar-refractivity contribution in [2.75, 3.05) is 14.2 Å². The monoisotopic (exact) mass is 218 g/mol. The largest absolute Gasteiger partial charge is 0.469 e. The standard InChI is InChI=1S/C10H18O5/c1-7(2)5-10(13,9(12)15-4)6-8(11)14-3/h7,13H,5-6H2,1-4H3/t10-/m0/s1. The van der Waals surface area contributed by atoms with Gasteiger partial charge in [-0.1, -0.05) is 13.8 Å². The Bertz CT molecular complexity index is 236. The molecule has 88 valence electrons. The smallest absolute Gasteiger partial charge is 0.338 e. The number of hydrogen-bond donors (Lipinski definition) is 1. The van der Waals surface area contributed by atoms with Gasteiger partial charge in [-0.2, -0.15) is 0 Å². The van der Waals surface area contributed by atoms with E-state index in [-0.39, 0.29) is 18.8 Å². The highest BCUT2D eigenvalue weighted by molar-refractivity contribution is 5.85. The van der Waals surface area contributed by atoms with Crippen molar-refractivity contribution in [1.29, 1.82) is 0 Å². The summed E-state index contributed by atoms with van der Waals surface area (Å²) in [6.45, 7) is 3.68. The quantitative estimate of drug-likeness (QED) is 0.680. The summed E-state index contributed by atoms with van der Waals surface area (Å²) in [4.78, 5) is 22.4. The van der Waals surface area contributed by atoms with Crippen LogP contribution in [0, 0.1) is 5.92 Å². The third kappa shape index (κ3) is 4.29. The fourth-order valence-corrected chi connectivity index (χ4v) is 1.40. The van der Waals surface area contributed by atoms with Crippen molar-refractivity contribution in [3.8, 4) is 0 Å². The van der Waals surface area contributed by atoms with Crippen LogP contribution >= 0.6 is 0 Å². The van der Waals surface area contributed by atoms with E-state index in [4.69, 9.17) is 0 Å². The van der Waals surface area contributed by atoms with Gasteiger partial charge in [-0.3, -0.25) is 4.79 Å². The maximum atomic E-state index is 11.3. The topological polar surface area (TPSA) is 72.8 Å². The molecule has 1 N–H and O–H groups in total. The fraction of sp³-hybridized carbons (Fsp3) is 0.800. The fourth-order valence-electron chi connectivity index (χ4n) is 1.40. The summed E-state index contributed by atoms with van der Waals surface area (Å²) in [5.41, 5.74) is -1.78. The van der Waals surface area contributed by atoms with Crippen LogP contribution in [-0.2, 0) is 19.1 Å². The van der Waals surface area contributed by atoms with Crippen LogP contribution in [0.1, 0.15) is 26.7 Å². The number of ether oxygens (including phenoxy) is 2. The predicted octanol–water partition coefficient (Wildman–Crippen LogP) is 0.500. The first-order valence-electron chi connectivity index (χ1n) is 4.73. The Balaban J connectivity index is 4.69.